The molecule has 0 saturated carbocycles. The topological polar surface area (TPSA) is 92.3 Å². The highest BCUT2D eigenvalue weighted by molar-refractivity contribution is 5.79. The van der Waals surface area contributed by atoms with Crippen molar-refractivity contribution in [3.8, 4) is 17.3 Å². The van der Waals surface area contributed by atoms with Crippen LogP contribution < -0.4 is 15.4 Å². The normalized spacial score (nSPS) is 18.1. The molecule has 1 aromatic carbocycles. The molecular weight excluding hydrogens is 428 g/mol. The fraction of sp³-hybridized carbons (Fsp3) is 0.308. The van der Waals surface area contributed by atoms with Crippen LogP contribution in [0.3, 0.4) is 0 Å². The van der Waals surface area contributed by atoms with Crippen molar-refractivity contribution in [1.82, 2.24) is 25.2 Å². The molecule has 1 fully saturated rings. The van der Waals surface area contributed by atoms with E-state index in [4.69, 9.17) is 9.72 Å². The van der Waals surface area contributed by atoms with Gasteiger partial charge in [-0.25, -0.2) is 15.0 Å². The van der Waals surface area contributed by atoms with Gasteiger partial charge in [-0.2, -0.15) is 0 Å². The van der Waals surface area contributed by atoms with Crippen molar-refractivity contribution in [2.24, 2.45) is 0 Å². The van der Waals surface area contributed by atoms with Crippen LogP contribution in [0.15, 0.2) is 48.9 Å². The smallest absolute Gasteiger partial charge is 0.316 e. The number of carbonyl (C=O) groups is 1. The van der Waals surface area contributed by atoms with E-state index in [2.05, 4.69) is 56.8 Å². The minimum absolute atomic E-state index is 0.301. The molecule has 2 aromatic heterocycles. The van der Waals surface area contributed by atoms with Gasteiger partial charge in [-0.3, -0.25) is 0 Å². The molecule has 0 amide bonds. The van der Waals surface area contributed by atoms with Crippen LogP contribution in [0.4, 0.5) is 11.5 Å². The number of hydrogen-bond donors (Lipinski definition) is 2. The first-order chi connectivity index (χ1) is 16.6. The van der Waals surface area contributed by atoms with E-state index < -0.39 is 6.04 Å². The molecular formula is C26H28N6O2. The quantitative estimate of drug-likeness (QED) is 0.540. The lowest BCUT2D eigenvalue weighted by molar-refractivity contribution is -0.109. The fourth-order valence-corrected chi connectivity index (χ4v) is 4.59. The number of likely N-dealkylation sites (tertiary alicyclic amines) is 1. The molecule has 1 saturated heterocycles. The lowest BCUT2D eigenvalue weighted by Crippen LogP contribution is -2.29. The van der Waals surface area contributed by atoms with Gasteiger partial charge in [0.05, 0.1) is 12.8 Å². The molecule has 34 heavy (non-hydrogen) atoms. The Balaban J connectivity index is 1.47. The van der Waals surface area contributed by atoms with Crippen LogP contribution in [0.1, 0.15) is 41.5 Å². The zero-order valence-electron chi connectivity index (χ0n) is 19.4. The van der Waals surface area contributed by atoms with Gasteiger partial charge < -0.3 is 25.1 Å². The van der Waals surface area contributed by atoms with Gasteiger partial charge in [0.25, 0.3) is 0 Å². The fourth-order valence-electron chi connectivity index (χ4n) is 4.59. The van der Waals surface area contributed by atoms with Crippen molar-refractivity contribution >= 4 is 23.9 Å². The van der Waals surface area contributed by atoms with Crippen LogP contribution in [0.2, 0.25) is 0 Å². The summed E-state index contributed by atoms with van der Waals surface area (Å²) in [6, 6.07) is 10.3. The molecule has 5 rings (SSSR count). The number of methoxy groups -OCH3 is 1. The summed E-state index contributed by atoms with van der Waals surface area (Å²) in [5.74, 6) is 1.23. The van der Waals surface area contributed by atoms with Gasteiger partial charge in [0, 0.05) is 29.2 Å². The van der Waals surface area contributed by atoms with Gasteiger partial charge >= 0.3 is 6.01 Å². The van der Waals surface area contributed by atoms with Crippen molar-refractivity contribution in [2.45, 2.75) is 24.8 Å². The third-order valence-corrected chi connectivity index (χ3v) is 6.55. The summed E-state index contributed by atoms with van der Waals surface area (Å²) in [6.45, 7) is 2.27. The third-order valence-electron chi connectivity index (χ3n) is 6.55. The van der Waals surface area contributed by atoms with Crippen LogP contribution in [0.5, 0.6) is 6.01 Å². The van der Waals surface area contributed by atoms with Crippen LogP contribution in [0.25, 0.3) is 17.3 Å². The largest absolute Gasteiger partial charge is 0.467 e. The van der Waals surface area contributed by atoms with Crippen LogP contribution >= 0.6 is 0 Å². The number of pyridine rings is 1. The molecule has 0 spiro atoms. The van der Waals surface area contributed by atoms with E-state index in [0.29, 0.717) is 23.4 Å². The molecule has 3 aromatic rings. The van der Waals surface area contributed by atoms with Crippen molar-refractivity contribution in [3.63, 3.8) is 0 Å². The zero-order chi connectivity index (χ0) is 23.5. The number of benzene rings is 1. The Morgan fingerprint density at radius 1 is 1.15 bits per heavy atom. The second-order valence-corrected chi connectivity index (χ2v) is 8.76. The lowest BCUT2D eigenvalue weighted by atomic mass is 9.89. The summed E-state index contributed by atoms with van der Waals surface area (Å²) in [5.41, 5.74) is 5.50. The van der Waals surface area contributed by atoms with Crippen LogP contribution in [0, 0.1) is 0 Å². The Labute approximate surface area is 199 Å². The highest BCUT2D eigenvalue weighted by atomic mass is 16.5. The van der Waals surface area contributed by atoms with Crippen molar-refractivity contribution in [1.29, 1.82) is 0 Å². The molecule has 8 nitrogen and oxygen atoms in total. The number of anilines is 2. The average molecular weight is 457 g/mol. The van der Waals surface area contributed by atoms with Crippen molar-refractivity contribution in [3.05, 3.63) is 65.6 Å². The Bertz CT molecular complexity index is 1190. The van der Waals surface area contributed by atoms with Gasteiger partial charge in [0.15, 0.2) is 0 Å². The minimum atomic E-state index is -0.477. The van der Waals surface area contributed by atoms with E-state index in [1.54, 1.807) is 18.6 Å². The van der Waals surface area contributed by atoms with Crippen molar-refractivity contribution < 1.29 is 9.53 Å². The number of hydrogen-bond acceptors (Lipinski definition) is 8. The molecule has 174 valence electrons. The van der Waals surface area contributed by atoms with Gasteiger partial charge in [0.1, 0.15) is 18.1 Å². The SMILES string of the molecule is COc1ncc(-c2cc3c(c(Nc4ccc(C5CCN(C)CC5)cc4)n2)C(C=O)NC=C3)cn1. The summed E-state index contributed by atoms with van der Waals surface area (Å²) < 4.78 is 5.07. The summed E-state index contributed by atoms with van der Waals surface area (Å²) >= 11 is 0. The maximum absolute atomic E-state index is 11.8. The number of piperidine rings is 1. The van der Waals surface area contributed by atoms with Gasteiger partial charge in [-0.15, -0.1) is 0 Å². The molecule has 2 N–H and O–H groups in total. The monoisotopic (exact) mass is 456 g/mol. The molecule has 0 bridgehead atoms. The minimum Gasteiger partial charge on any atom is -0.467 e. The molecule has 2 aliphatic heterocycles. The summed E-state index contributed by atoms with van der Waals surface area (Å²) in [5, 5.41) is 6.56. The number of rotatable bonds is 6. The van der Waals surface area contributed by atoms with Gasteiger partial charge in [-0.05, 0) is 80.5 Å². The van der Waals surface area contributed by atoms with E-state index >= 15 is 0 Å². The first-order valence-corrected chi connectivity index (χ1v) is 11.5. The predicted molar refractivity (Wildman–Crippen MR) is 132 cm³/mol. The lowest BCUT2D eigenvalue weighted by Gasteiger charge is -2.29. The number of aldehydes is 1. The Morgan fingerprint density at radius 3 is 2.56 bits per heavy atom. The number of ether oxygens (including phenoxy) is 1. The van der Waals surface area contributed by atoms with E-state index in [-0.39, 0.29) is 0 Å². The maximum Gasteiger partial charge on any atom is 0.316 e. The summed E-state index contributed by atoms with van der Waals surface area (Å²) in [7, 11) is 3.71. The van der Waals surface area contributed by atoms with Crippen molar-refractivity contribution in [2.75, 3.05) is 32.6 Å². The number of nitrogens with one attached hydrogen (secondary N) is 2. The predicted octanol–water partition coefficient (Wildman–Crippen LogP) is 3.91. The number of nitrogens with zero attached hydrogens (tertiary/aromatic N) is 4. The summed E-state index contributed by atoms with van der Waals surface area (Å²) in [4.78, 5) is 27.5. The highest BCUT2D eigenvalue weighted by Gasteiger charge is 2.23. The third kappa shape index (κ3) is 4.49. The standard InChI is InChI=1S/C26H28N6O2/c1-32-11-8-18(9-12-32)17-3-5-21(6-4-17)30-25-24-19(7-10-27-23(24)16-33)13-22(31-25)20-14-28-26(34-2)29-15-20/h3-7,10,13-16,18,23,27H,8-9,11-12H2,1-2H3,(H,30,31). The van der Waals surface area contributed by atoms with E-state index in [0.717, 1.165) is 41.8 Å². The van der Waals surface area contributed by atoms with E-state index in [1.165, 1.54) is 25.5 Å². The molecule has 1 unspecified atom stereocenters. The average Bonchev–Trinajstić information content (AvgIpc) is 2.89. The Morgan fingerprint density at radius 2 is 1.88 bits per heavy atom. The van der Waals surface area contributed by atoms with Crippen LogP contribution in [-0.4, -0.2) is 53.4 Å². The van der Waals surface area contributed by atoms with Gasteiger partial charge in [0.2, 0.25) is 0 Å². The number of aromatic nitrogens is 3. The molecule has 8 heteroatoms. The molecule has 4 heterocycles. The highest BCUT2D eigenvalue weighted by Crippen LogP contribution is 2.34. The molecule has 2 aliphatic rings. The van der Waals surface area contributed by atoms with Crippen LogP contribution in [-0.2, 0) is 4.79 Å². The Hall–Kier alpha value is -3.78. The number of fused-ring (bicyclic) bond motifs is 1. The number of carbonyl (C=O) groups excluding carboxylic acids is 1. The molecule has 1 atom stereocenters. The van der Waals surface area contributed by atoms with Gasteiger partial charge in [-0.1, -0.05) is 12.1 Å². The second-order valence-electron chi connectivity index (χ2n) is 8.76. The van der Waals surface area contributed by atoms with E-state index in [1.807, 2.05) is 12.1 Å². The molecule has 0 aliphatic carbocycles. The first-order valence-electron chi connectivity index (χ1n) is 11.5. The first kappa shape index (κ1) is 22.0. The van der Waals surface area contributed by atoms with E-state index in [9.17, 15) is 4.79 Å². The Kier molecular flexibility index (Phi) is 6.22. The second kappa shape index (κ2) is 9.61. The maximum atomic E-state index is 11.8. The zero-order valence-corrected chi connectivity index (χ0v) is 19.4. The molecule has 0 radical (unpaired) electrons. The summed E-state index contributed by atoms with van der Waals surface area (Å²) in [6.07, 6.45) is 10.4.